The molecule has 3 unspecified atom stereocenters. The molecule has 1 aliphatic carbocycles. The summed E-state index contributed by atoms with van der Waals surface area (Å²) in [5.74, 6) is -1.01. The van der Waals surface area contributed by atoms with Crippen LogP contribution in [0, 0.1) is 19.8 Å². The van der Waals surface area contributed by atoms with Crippen LogP contribution in [0.5, 0.6) is 0 Å². The molecule has 0 spiro atoms. The second kappa shape index (κ2) is 10.8. The van der Waals surface area contributed by atoms with Crippen LogP contribution in [0.4, 0.5) is 5.69 Å². The summed E-state index contributed by atoms with van der Waals surface area (Å²) in [6.07, 6.45) is 4.96. The highest BCUT2D eigenvalue weighted by atomic mass is 16.2. The number of fused-ring (bicyclic) bond motifs is 1. The molecule has 4 N–H and O–H groups in total. The van der Waals surface area contributed by atoms with Crippen molar-refractivity contribution in [1.29, 1.82) is 0 Å². The van der Waals surface area contributed by atoms with Crippen LogP contribution in [-0.2, 0) is 19.2 Å². The van der Waals surface area contributed by atoms with E-state index in [2.05, 4.69) is 10.6 Å². The fraction of sp³-hybridized carbons (Fsp3) is 0.615. The molecule has 0 bridgehead atoms. The smallest absolute Gasteiger partial charge is 0.238 e. The highest BCUT2D eigenvalue weighted by Crippen LogP contribution is 2.30. The van der Waals surface area contributed by atoms with Gasteiger partial charge in [0.1, 0.15) is 0 Å². The van der Waals surface area contributed by atoms with E-state index in [-0.39, 0.29) is 54.6 Å². The van der Waals surface area contributed by atoms with Gasteiger partial charge in [0.15, 0.2) is 0 Å². The molecular formula is C26H37N5O4. The van der Waals surface area contributed by atoms with Crippen molar-refractivity contribution >= 4 is 29.3 Å². The van der Waals surface area contributed by atoms with E-state index in [0.717, 1.165) is 36.8 Å². The Morgan fingerprint density at radius 2 is 1.77 bits per heavy atom. The van der Waals surface area contributed by atoms with Gasteiger partial charge < -0.3 is 21.3 Å². The summed E-state index contributed by atoms with van der Waals surface area (Å²) in [7, 11) is 0. The highest BCUT2D eigenvalue weighted by molar-refractivity contribution is 5.96. The number of piperidine rings is 1. The van der Waals surface area contributed by atoms with E-state index in [0.29, 0.717) is 31.6 Å². The molecule has 0 aromatic heterocycles. The minimum absolute atomic E-state index is 0.00343. The number of hydrogen-bond acceptors (Lipinski definition) is 5. The second-order valence-electron chi connectivity index (χ2n) is 10.3. The molecule has 4 amide bonds. The Morgan fingerprint density at radius 3 is 2.46 bits per heavy atom. The molecule has 1 aromatic rings. The Bertz CT molecular complexity index is 988. The van der Waals surface area contributed by atoms with Crippen molar-refractivity contribution in [3.8, 4) is 0 Å². The SMILES string of the molecule is Cc1ccc(NC(=O)CC2C(=O)NC3CCCCC3N2CC(=O)N2CCC(C(N)=O)CC2)cc1C. The molecule has 9 nitrogen and oxygen atoms in total. The average Bonchev–Trinajstić information content (AvgIpc) is 2.83. The summed E-state index contributed by atoms with van der Waals surface area (Å²) in [6, 6.07) is 5.07. The van der Waals surface area contributed by atoms with Gasteiger partial charge in [-0.1, -0.05) is 18.9 Å². The number of carbonyl (C=O) groups is 4. The summed E-state index contributed by atoms with van der Waals surface area (Å²) in [6.45, 7) is 5.07. The zero-order valence-electron chi connectivity index (χ0n) is 20.7. The predicted molar refractivity (Wildman–Crippen MR) is 132 cm³/mol. The Kier molecular flexibility index (Phi) is 7.74. The quantitative estimate of drug-likeness (QED) is 0.565. The zero-order valence-corrected chi connectivity index (χ0v) is 20.7. The molecule has 2 aliphatic heterocycles. The number of carbonyl (C=O) groups excluding carboxylic acids is 4. The van der Waals surface area contributed by atoms with Crippen LogP contribution in [0.15, 0.2) is 18.2 Å². The molecule has 9 heteroatoms. The number of likely N-dealkylation sites (tertiary alicyclic amines) is 1. The number of piperazine rings is 1. The maximum atomic E-state index is 13.3. The maximum absolute atomic E-state index is 13.3. The number of nitrogens with zero attached hydrogens (tertiary/aromatic N) is 2. The molecule has 1 aromatic carbocycles. The van der Waals surface area contributed by atoms with Crippen LogP contribution in [0.3, 0.4) is 0 Å². The summed E-state index contributed by atoms with van der Waals surface area (Å²) >= 11 is 0. The number of rotatable bonds is 6. The lowest BCUT2D eigenvalue weighted by Gasteiger charge is -2.48. The molecule has 2 saturated heterocycles. The Balaban J connectivity index is 1.46. The molecule has 2 heterocycles. The van der Waals surface area contributed by atoms with Gasteiger partial charge in [-0.3, -0.25) is 24.1 Å². The average molecular weight is 484 g/mol. The minimum atomic E-state index is -0.701. The topological polar surface area (TPSA) is 125 Å². The third kappa shape index (κ3) is 5.83. The lowest BCUT2D eigenvalue weighted by atomic mass is 9.85. The summed E-state index contributed by atoms with van der Waals surface area (Å²) in [4.78, 5) is 54.5. The lowest BCUT2D eigenvalue weighted by molar-refractivity contribution is -0.145. The molecule has 35 heavy (non-hydrogen) atoms. The fourth-order valence-corrected chi connectivity index (χ4v) is 5.65. The van der Waals surface area contributed by atoms with E-state index >= 15 is 0 Å². The van der Waals surface area contributed by atoms with Crippen molar-refractivity contribution in [3.05, 3.63) is 29.3 Å². The zero-order chi connectivity index (χ0) is 25.1. The van der Waals surface area contributed by atoms with Crippen LogP contribution in [0.25, 0.3) is 0 Å². The van der Waals surface area contributed by atoms with Crippen molar-refractivity contribution in [2.45, 2.75) is 76.9 Å². The standard InChI is InChI=1S/C26H37N5O4/c1-16-7-8-19(13-17(16)2)28-23(32)14-22-26(35)29-20-5-3-4-6-21(20)31(22)15-24(33)30-11-9-18(10-12-30)25(27)34/h7-8,13,18,20-22H,3-6,9-12,14-15H2,1-2H3,(H2,27,34)(H,28,32)(H,29,35). The second-order valence-corrected chi connectivity index (χ2v) is 10.3. The fourth-order valence-electron chi connectivity index (χ4n) is 5.65. The van der Waals surface area contributed by atoms with E-state index in [1.54, 1.807) is 4.90 Å². The molecule has 190 valence electrons. The number of primary amides is 1. The Morgan fingerprint density at radius 1 is 1.06 bits per heavy atom. The number of hydrogen-bond donors (Lipinski definition) is 3. The molecular weight excluding hydrogens is 446 g/mol. The molecule has 0 radical (unpaired) electrons. The van der Waals surface area contributed by atoms with Crippen LogP contribution >= 0.6 is 0 Å². The van der Waals surface area contributed by atoms with Gasteiger partial charge in [0.05, 0.1) is 19.0 Å². The third-order valence-electron chi connectivity index (χ3n) is 7.92. The predicted octanol–water partition coefficient (Wildman–Crippen LogP) is 1.47. The van der Waals surface area contributed by atoms with Gasteiger partial charge in [0.2, 0.25) is 23.6 Å². The van der Waals surface area contributed by atoms with Crippen molar-refractivity contribution in [2.75, 3.05) is 25.0 Å². The van der Waals surface area contributed by atoms with Gasteiger partial charge in [-0.25, -0.2) is 0 Å². The number of nitrogens with one attached hydrogen (secondary N) is 2. The number of nitrogens with two attached hydrogens (primary N) is 1. The first-order valence-electron chi connectivity index (χ1n) is 12.7. The van der Waals surface area contributed by atoms with Crippen molar-refractivity contribution in [2.24, 2.45) is 11.7 Å². The first-order valence-corrected chi connectivity index (χ1v) is 12.7. The van der Waals surface area contributed by atoms with Crippen molar-refractivity contribution in [3.63, 3.8) is 0 Å². The molecule has 3 atom stereocenters. The van der Waals surface area contributed by atoms with E-state index in [1.165, 1.54) is 0 Å². The van der Waals surface area contributed by atoms with Crippen molar-refractivity contribution in [1.82, 2.24) is 15.1 Å². The summed E-state index contributed by atoms with van der Waals surface area (Å²) in [5, 5.41) is 6.04. The first kappa shape index (κ1) is 25.2. The normalized spacial score (nSPS) is 25.5. The summed E-state index contributed by atoms with van der Waals surface area (Å²) < 4.78 is 0. The van der Waals surface area contributed by atoms with Gasteiger partial charge in [0, 0.05) is 36.8 Å². The monoisotopic (exact) mass is 483 g/mol. The van der Waals surface area contributed by atoms with E-state index in [4.69, 9.17) is 5.73 Å². The number of amides is 4. The van der Waals surface area contributed by atoms with Crippen LogP contribution in [0.1, 0.15) is 56.1 Å². The number of benzene rings is 1. The van der Waals surface area contributed by atoms with Crippen LogP contribution in [-0.4, -0.2) is 71.2 Å². The van der Waals surface area contributed by atoms with E-state index < -0.39 is 6.04 Å². The number of aryl methyl sites for hydroxylation is 2. The Labute approximate surface area is 206 Å². The summed E-state index contributed by atoms with van der Waals surface area (Å²) in [5.41, 5.74) is 8.35. The minimum Gasteiger partial charge on any atom is -0.369 e. The van der Waals surface area contributed by atoms with Crippen LogP contribution < -0.4 is 16.4 Å². The van der Waals surface area contributed by atoms with Gasteiger partial charge >= 0.3 is 0 Å². The lowest BCUT2D eigenvalue weighted by Crippen LogP contribution is -2.68. The highest BCUT2D eigenvalue weighted by Gasteiger charge is 2.44. The molecule has 4 rings (SSSR count). The number of anilines is 1. The largest absolute Gasteiger partial charge is 0.369 e. The van der Waals surface area contributed by atoms with E-state index in [1.807, 2.05) is 36.9 Å². The molecule has 3 fully saturated rings. The van der Waals surface area contributed by atoms with Gasteiger partial charge in [-0.2, -0.15) is 0 Å². The molecule has 3 aliphatic rings. The van der Waals surface area contributed by atoms with Crippen molar-refractivity contribution < 1.29 is 19.2 Å². The third-order valence-corrected chi connectivity index (χ3v) is 7.92. The maximum Gasteiger partial charge on any atom is 0.238 e. The van der Waals surface area contributed by atoms with Crippen LogP contribution in [0.2, 0.25) is 0 Å². The Hall–Kier alpha value is -2.94. The van der Waals surface area contributed by atoms with E-state index in [9.17, 15) is 19.2 Å². The van der Waals surface area contributed by atoms with Gasteiger partial charge in [-0.15, -0.1) is 0 Å². The van der Waals surface area contributed by atoms with Gasteiger partial charge in [-0.05, 0) is 62.8 Å². The van der Waals surface area contributed by atoms with Gasteiger partial charge in [0.25, 0.3) is 0 Å². The molecule has 1 saturated carbocycles. The first-order chi connectivity index (χ1) is 16.7.